The molecule has 1 unspecified atom stereocenters. The Kier molecular flexibility index (Phi) is 15.2. The van der Waals surface area contributed by atoms with Crippen molar-refractivity contribution < 1.29 is 28.6 Å². The Bertz CT molecular complexity index is 1720. The Morgan fingerprint density at radius 2 is 1.69 bits per heavy atom. The second kappa shape index (κ2) is 18.1. The summed E-state index contributed by atoms with van der Waals surface area (Å²) >= 11 is 15.3. The molecule has 11 nitrogen and oxygen atoms in total. The summed E-state index contributed by atoms with van der Waals surface area (Å²) in [6.45, 7) is 12.0. The number of rotatable bonds is 10. The number of thioether (sulfide) groups is 1. The lowest BCUT2D eigenvalue weighted by Gasteiger charge is -2.21. The molecule has 51 heavy (non-hydrogen) atoms. The minimum atomic E-state index is -1.01. The molecule has 0 radical (unpaired) electrons. The van der Waals surface area contributed by atoms with Gasteiger partial charge in [0.15, 0.2) is 11.0 Å². The Hall–Kier alpha value is -2.45. The van der Waals surface area contributed by atoms with Crippen LogP contribution in [0, 0.1) is 28.6 Å². The predicted octanol–water partition coefficient (Wildman–Crippen LogP) is 9.22. The van der Waals surface area contributed by atoms with Crippen LogP contribution in [-0.2, 0) is 24.5 Å². The molecule has 1 aromatic heterocycles. The SMILES string of the molecule is CC1(C)[C@H](C(=O)O[C@H](C#N)c2cccc(Oc3ccccc3)c2)[C@@H]1C(Br)C(Br)(Br)Br.CCOC(=O)CSc1nc(C(C)(C)C)nn1C(=O)N(C)C. The minimum Gasteiger partial charge on any atom is -0.465 e. The normalized spacial score (nSPS) is 17.5. The number of carbonyl (C=O) groups is 3. The fraction of sp³-hybridized carbons (Fsp3) is 0.486. The van der Waals surface area contributed by atoms with Crippen molar-refractivity contribution in [3.8, 4) is 17.6 Å². The number of para-hydroxylation sites is 1. The van der Waals surface area contributed by atoms with Crippen LogP contribution in [0.2, 0.25) is 0 Å². The van der Waals surface area contributed by atoms with E-state index >= 15 is 0 Å². The molecule has 4 rings (SSSR count). The van der Waals surface area contributed by atoms with Gasteiger partial charge in [-0.2, -0.15) is 9.94 Å². The zero-order valence-electron chi connectivity index (χ0n) is 29.5. The van der Waals surface area contributed by atoms with Crippen molar-refractivity contribution in [3.05, 3.63) is 66.0 Å². The van der Waals surface area contributed by atoms with Gasteiger partial charge in [-0.05, 0) is 42.5 Å². The number of carbonyl (C=O) groups excluding carboxylic acids is 3. The van der Waals surface area contributed by atoms with Crippen molar-refractivity contribution in [1.82, 2.24) is 19.7 Å². The first-order valence-corrected chi connectivity index (χ1v) is 20.1. The molecular formula is C35H41Br4N5O6S. The van der Waals surface area contributed by atoms with E-state index in [9.17, 15) is 19.6 Å². The third-order valence-electron chi connectivity index (χ3n) is 7.72. The molecule has 1 heterocycles. The smallest absolute Gasteiger partial charge is 0.346 e. The van der Waals surface area contributed by atoms with E-state index in [1.54, 1.807) is 45.3 Å². The summed E-state index contributed by atoms with van der Waals surface area (Å²) < 4.78 is 17.0. The number of halogens is 4. The van der Waals surface area contributed by atoms with E-state index in [0.29, 0.717) is 34.7 Å². The number of ether oxygens (including phenoxy) is 3. The summed E-state index contributed by atoms with van der Waals surface area (Å²) in [6, 6.07) is 18.2. The molecule has 0 bridgehead atoms. The molecule has 1 amide bonds. The molecule has 16 heteroatoms. The summed E-state index contributed by atoms with van der Waals surface area (Å²) in [4.78, 5) is 42.2. The number of hydrogen-bond acceptors (Lipinski definition) is 10. The number of esters is 2. The Morgan fingerprint density at radius 3 is 2.24 bits per heavy atom. The maximum Gasteiger partial charge on any atom is 0.346 e. The van der Waals surface area contributed by atoms with Gasteiger partial charge < -0.3 is 19.1 Å². The number of hydrogen-bond donors (Lipinski definition) is 0. The largest absolute Gasteiger partial charge is 0.465 e. The van der Waals surface area contributed by atoms with Crippen LogP contribution in [0.4, 0.5) is 4.79 Å². The number of nitriles is 1. The van der Waals surface area contributed by atoms with E-state index < -0.39 is 8.25 Å². The molecule has 1 fully saturated rings. The highest BCUT2D eigenvalue weighted by Crippen LogP contribution is 2.66. The number of aromatic nitrogens is 3. The first-order chi connectivity index (χ1) is 23.7. The molecule has 1 saturated carbocycles. The topological polar surface area (TPSA) is 137 Å². The molecule has 276 valence electrons. The molecule has 4 atom stereocenters. The van der Waals surface area contributed by atoms with Gasteiger partial charge in [-0.15, -0.1) is 5.10 Å². The lowest BCUT2D eigenvalue weighted by Crippen LogP contribution is -2.29. The first-order valence-electron chi connectivity index (χ1n) is 15.8. The quantitative estimate of drug-likeness (QED) is 0.110. The van der Waals surface area contributed by atoms with Gasteiger partial charge in [0.1, 0.15) is 19.7 Å². The summed E-state index contributed by atoms with van der Waals surface area (Å²) in [5, 5.41) is 14.3. The van der Waals surface area contributed by atoms with E-state index in [2.05, 4.69) is 79.9 Å². The van der Waals surface area contributed by atoms with Gasteiger partial charge in [0.25, 0.3) is 0 Å². The highest BCUT2D eigenvalue weighted by molar-refractivity contribution is 9.40. The van der Waals surface area contributed by atoms with Gasteiger partial charge in [-0.3, -0.25) is 9.59 Å². The van der Waals surface area contributed by atoms with E-state index in [0.717, 1.165) is 11.8 Å². The van der Waals surface area contributed by atoms with Crippen molar-refractivity contribution in [2.75, 3.05) is 26.5 Å². The number of nitrogens with zero attached hydrogens (tertiary/aromatic N) is 5. The van der Waals surface area contributed by atoms with Crippen molar-refractivity contribution in [1.29, 1.82) is 5.26 Å². The highest BCUT2D eigenvalue weighted by Gasteiger charge is 2.67. The predicted molar refractivity (Wildman–Crippen MR) is 211 cm³/mol. The molecule has 0 saturated heterocycles. The monoisotopic (exact) mass is 975 g/mol. The Balaban J connectivity index is 0.000000295. The number of benzene rings is 2. The maximum atomic E-state index is 12.9. The molecule has 2 aromatic carbocycles. The van der Waals surface area contributed by atoms with Gasteiger partial charge in [-0.1, -0.05) is 140 Å². The zero-order valence-corrected chi connectivity index (χ0v) is 36.7. The van der Waals surface area contributed by atoms with E-state index in [1.807, 2.05) is 65.0 Å². The Labute approximate surface area is 337 Å². The van der Waals surface area contributed by atoms with Crippen LogP contribution in [0.15, 0.2) is 59.8 Å². The second-order valence-corrected chi connectivity index (χ2v) is 22.2. The van der Waals surface area contributed by atoms with E-state index in [1.165, 1.54) is 9.58 Å². The van der Waals surface area contributed by atoms with Crippen LogP contribution in [0.3, 0.4) is 0 Å². The fourth-order valence-corrected chi connectivity index (χ4v) is 7.51. The standard InChI is InChI=1S/C22H19Br4NO3.C13H22N4O3S/c1-21(2)17(19(23)22(24,25)26)18(21)20(28)30-16(12-27)13-7-6-10-15(11-13)29-14-8-4-3-5-9-14;1-7-20-9(18)8-21-11-14-10(13(2,3)4)15-17(11)12(19)16(5)6/h3-11,16-19H,1-2H3;7-8H2,1-6H3/t16-,17-,18+,19?;/m1./s1. The maximum absolute atomic E-state index is 12.9. The second-order valence-electron chi connectivity index (χ2n) is 13.4. The van der Waals surface area contributed by atoms with Crippen LogP contribution < -0.4 is 4.74 Å². The molecule has 0 N–H and O–H groups in total. The molecular weight excluding hydrogens is 938 g/mol. The highest BCUT2D eigenvalue weighted by atomic mass is 80.0. The average molecular weight is 979 g/mol. The van der Waals surface area contributed by atoms with Crippen LogP contribution in [0.1, 0.15) is 59.0 Å². The van der Waals surface area contributed by atoms with Crippen molar-refractivity contribution >= 4 is 93.5 Å². The van der Waals surface area contributed by atoms with Crippen molar-refractivity contribution in [2.24, 2.45) is 17.3 Å². The molecule has 3 aromatic rings. The first kappa shape index (κ1) is 43.0. The van der Waals surface area contributed by atoms with Crippen LogP contribution in [0.25, 0.3) is 0 Å². The summed E-state index contributed by atoms with van der Waals surface area (Å²) in [6.07, 6.45) is -1.01. The third kappa shape index (κ3) is 11.8. The van der Waals surface area contributed by atoms with E-state index in [4.69, 9.17) is 14.2 Å². The van der Waals surface area contributed by atoms with Crippen LogP contribution in [-0.4, -0.2) is 71.1 Å². The van der Waals surface area contributed by atoms with Gasteiger partial charge >= 0.3 is 18.0 Å². The van der Waals surface area contributed by atoms with Gasteiger partial charge in [0.2, 0.25) is 6.10 Å². The fourth-order valence-electron chi connectivity index (χ4n) is 4.95. The minimum absolute atomic E-state index is 0.0233. The lowest BCUT2D eigenvalue weighted by molar-refractivity contribution is -0.149. The molecule has 1 aliphatic carbocycles. The van der Waals surface area contributed by atoms with Gasteiger partial charge in [-0.25, -0.2) is 9.78 Å². The summed E-state index contributed by atoms with van der Waals surface area (Å²) in [5.74, 6) is 0.889. The summed E-state index contributed by atoms with van der Waals surface area (Å²) in [7, 11) is 3.28. The number of alkyl halides is 4. The van der Waals surface area contributed by atoms with Crippen molar-refractivity contribution in [2.45, 2.75) is 65.2 Å². The molecule has 0 spiro atoms. The van der Waals surface area contributed by atoms with Crippen molar-refractivity contribution in [3.63, 3.8) is 0 Å². The van der Waals surface area contributed by atoms with Gasteiger partial charge in [0.05, 0.1) is 23.1 Å². The van der Waals surface area contributed by atoms with E-state index in [-0.39, 0.29) is 51.2 Å². The third-order valence-corrected chi connectivity index (χ3v) is 13.2. The van der Waals surface area contributed by atoms with Crippen LogP contribution in [0.5, 0.6) is 11.5 Å². The lowest BCUT2D eigenvalue weighted by atomic mass is 9.96. The average Bonchev–Trinajstić information content (AvgIpc) is 3.38. The Morgan fingerprint density at radius 1 is 1.06 bits per heavy atom. The molecule has 1 aliphatic rings. The summed E-state index contributed by atoms with van der Waals surface area (Å²) in [5.41, 5.74) is 0.0294. The number of amides is 1. The van der Waals surface area contributed by atoms with Gasteiger partial charge in [0, 0.05) is 25.1 Å². The van der Waals surface area contributed by atoms with Crippen LogP contribution >= 0.6 is 75.5 Å². The molecule has 0 aliphatic heterocycles. The zero-order chi connectivity index (χ0) is 38.3.